The maximum absolute atomic E-state index is 13.6. The molecule has 0 aliphatic carbocycles. The average Bonchev–Trinajstić information content (AvgIpc) is 3.06. The van der Waals surface area contributed by atoms with Crippen molar-refractivity contribution in [3.63, 3.8) is 0 Å². The van der Waals surface area contributed by atoms with E-state index in [1.165, 1.54) is 35.2 Å². The monoisotopic (exact) mass is 544 g/mol. The van der Waals surface area contributed by atoms with E-state index in [0.717, 1.165) is 21.8 Å². The molecule has 0 bridgehead atoms. The highest BCUT2D eigenvalue weighted by molar-refractivity contribution is 9.10. The van der Waals surface area contributed by atoms with Gasteiger partial charge in [-0.3, -0.25) is 19.8 Å². The summed E-state index contributed by atoms with van der Waals surface area (Å²) in [4.78, 5) is 25.0. The fourth-order valence-corrected chi connectivity index (χ4v) is 4.75. The third-order valence-corrected chi connectivity index (χ3v) is 6.46. The molecule has 0 unspecified atom stereocenters. The molecule has 0 atom stereocenters. The van der Waals surface area contributed by atoms with Crippen molar-refractivity contribution in [3.05, 3.63) is 103 Å². The molecule has 3 aromatic carbocycles. The Labute approximate surface area is 206 Å². The van der Waals surface area contributed by atoms with Crippen LogP contribution in [0.3, 0.4) is 0 Å². The largest absolute Gasteiger partial charge is 0.488 e. The van der Waals surface area contributed by atoms with Crippen LogP contribution < -0.4 is 9.64 Å². The number of nitrogens with zero attached hydrogens (tertiary/aromatic N) is 2. The number of nitro groups is 1. The van der Waals surface area contributed by atoms with Crippen molar-refractivity contribution in [2.75, 3.05) is 4.90 Å². The molecular weight excluding hydrogens is 531 g/mol. The third-order valence-electron chi connectivity index (χ3n) is 4.66. The lowest BCUT2D eigenvalue weighted by Crippen LogP contribution is -2.27. The van der Waals surface area contributed by atoms with Crippen LogP contribution >= 0.6 is 39.9 Å². The Balaban J connectivity index is 1.58. The summed E-state index contributed by atoms with van der Waals surface area (Å²) in [6, 6.07) is 17.1. The normalized spacial score (nSPS) is 14.7. The summed E-state index contributed by atoms with van der Waals surface area (Å²) in [7, 11) is 0. The van der Waals surface area contributed by atoms with Crippen LogP contribution in [0.25, 0.3) is 6.08 Å². The van der Waals surface area contributed by atoms with Gasteiger partial charge in [-0.05, 0) is 60.2 Å². The molecule has 166 valence electrons. The number of amides is 1. The number of rotatable bonds is 6. The molecule has 6 nitrogen and oxygen atoms in total. The second kappa shape index (κ2) is 9.82. The van der Waals surface area contributed by atoms with E-state index in [0.29, 0.717) is 26.2 Å². The lowest BCUT2D eigenvalue weighted by atomic mass is 10.1. The highest BCUT2D eigenvalue weighted by Gasteiger charge is 2.33. The van der Waals surface area contributed by atoms with E-state index in [4.69, 9.17) is 17.0 Å². The number of thioether (sulfide) groups is 1. The van der Waals surface area contributed by atoms with Crippen LogP contribution in [0.2, 0.25) is 0 Å². The molecule has 1 amide bonds. The highest BCUT2D eigenvalue weighted by atomic mass is 79.9. The number of non-ortho nitro benzene ring substituents is 1. The summed E-state index contributed by atoms with van der Waals surface area (Å²) in [6.07, 6.45) is 1.68. The Morgan fingerprint density at radius 1 is 1.15 bits per heavy atom. The number of ether oxygens (including phenoxy) is 1. The summed E-state index contributed by atoms with van der Waals surface area (Å²) in [6.45, 7) is 0.185. The van der Waals surface area contributed by atoms with Crippen molar-refractivity contribution >= 4 is 67.6 Å². The zero-order chi connectivity index (χ0) is 23.5. The van der Waals surface area contributed by atoms with Crippen LogP contribution in [0.5, 0.6) is 5.75 Å². The second-order valence-electron chi connectivity index (χ2n) is 6.89. The van der Waals surface area contributed by atoms with Gasteiger partial charge in [0.25, 0.3) is 11.6 Å². The van der Waals surface area contributed by atoms with Crippen molar-refractivity contribution < 1.29 is 18.8 Å². The van der Waals surface area contributed by atoms with Gasteiger partial charge in [0.15, 0.2) is 4.32 Å². The van der Waals surface area contributed by atoms with E-state index in [-0.39, 0.29) is 18.2 Å². The fourth-order valence-electron chi connectivity index (χ4n) is 3.09. The minimum absolute atomic E-state index is 0.00315. The molecule has 3 aromatic rings. The van der Waals surface area contributed by atoms with Gasteiger partial charge >= 0.3 is 0 Å². The molecular formula is C23H14BrFN2O4S2. The molecule has 33 heavy (non-hydrogen) atoms. The zero-order valence-electron chi connectivity index (χ0n) is 16.7. The number of hydrogen-bond acceptors (Lipinski definition) is 6. The van der Waals surface area contributed by atoms with Gasteiger partial charge in [0.2, 0.25) is 0 Å². The third kappa shape index (κ3) is 5.29. The Morgan fingerprint density at radius 2 is 1.91 bits per heavy atom. The Hall–Kier alpha value is -3.08. The van der Waals surface area contributed by atoms with Gasteiger partial charge in [-0.1, -0.05) is 46.0 Å². The first kappa shape index (κ1) is 23.1. The van der Waals surface area contributed by atoms with Crippen molar-refractivity contribution in [1.29, 1.82) is 0 Å². The predicted molar refractivity (Wildman–Crippen MR) is 134 cm³/mol. The molecule has 4 rings (SSSR count). The summed E-state index contributed by atoms with van der Waals surface area (Å²) < 4.78 is 20.7. The van der Waals surface area contributed by atoms with E-state index in [1.807, 2.05) is 0 Å². The maximum atomic E-state index is 13.6. The topological polar surface area (TPSA) is 72.7 Å². The van der Waals surface area contributed by atoms with Crippen LogP contribution in [-0.2, 0) is 11.4 Å². The van der Waals surface area contributed by atoms with Crippen LogP contribution in [-0.4, -0.2) is 15.2 Å². The standard InChI is InChI=1S/C23H14BrFN2O4S2/c24-16-6-9-20(31-13-14-4-7-18(8-5-14)27(29)30)15(10-16)11-21-22(28)26(23(32)33-21)19-3-1-2-17(25)12-19/h1-12H,13H2/b21-11+. The minimum Gasteiger partial charge on any atom is -0.488 e. The molecule has 0 N–H and O–H groups in total. The zero-order valence-corrected chi connectivity index (χ0v) is 20.0. The fraction of sp³-hybridized carbons (Fsp3) is 0.0435. The first-order valence-electron chi connectivity index (χ1n) is 9.51. The first-order valence-corrected chi connectivity index (χ1v) is 11.5. The molecule has 0 aromatic heterocycles. The highest BCUT2D eigenvalue weighted by Crippen LogP contribution is 2.38. The van der Waals surface area contributed by atoms with Crippen molar-refractivity contribution in [3.8, 4) is 5.75 Å². The smallest absolute Gasteiger partial charge is 0.270 e. The molecule has 1 aliphatic heterocycles. The van der Waals surface area contributed by atoms with Crippen molar-refractivity contribution in [2.24, 2.45) is 0 Å². The molecule has 0 saturated carbocycles. The molecule has 1 aliphatic rings. The lowest BCUT2D eigenvalue weighted by molar-refractivity contribution is -0.384. The molecule has 1 heterocycles. The number of halogens is 2. The quantitative estimate of drug-likeness (QED) is 0.153. The average molecular weight is 545 g/mol. The molecule has 10 heteroatoms. The van der Waals surface area contributed by atoms with Gasteiger partial charge < -0.3 is 4.74 Å². The van der Waals surface area contributed by atoms with E-state index < -0.39 is 10.7 Å². The Morgan fingerprint density at radius 3 is 2.61 bits per heavy atom. The number of anilines is 1. The second-order valence-corrected chi connectivity index (χ2v) is 9.48. The Bertz CT molecular complexity index is 1300. The summed E-state index contributed by atoms with van der Waals surface area (Å²) in [5, 5.41) is 10.8. The minimum atomic E-state index is -0.461. The number of nitro benzene ring substituents is 1. The van der Waals surface area contributed by atoms with Gasteiger partial charge in [-0.25, -0.2) is 4.39 Å². The SMILES string of the molecule is O=C1/C(=C\c2cc(Br)ccc2OCc2ccc([N+](=O)[O-])cc2)SC(=S)N1c1cccc(F)c1. The van der Waals surface area contributed by atoms with Crippen LogP contribution in [0.1, 0.15) is 11.1 Å². The number of carbonyl (C=O) groups is 1. The lowest BCUT2D eigenvalue weighted by Gasteiger charge is -2.14. The summed E-state index contributed by atoms with van der Waals surface area (Å²) >= 11 is 9.91. The number of benzene rings is 3. The summed E-state index contributed by atoms with van der Waals surface area (Å²) in [5.74, 6) is -0.288. The van der Waals surface area contributed by atoms with Gasteiger partial charge in [0.1, 0.15) is 18.2 Å². The van der Waals surface area contributed by atoms with Crippen molar-refractivity contribution in [2.45, 2.75) is 6.61 Å². The number of thiocarbonyl (C=S) groups is 1. The number of carbonyl (C=O) groups excluding carboxylic acids is 1. The molecule has 1 saturated heterocycles. The van der Waals surface area contributed by atoms with Crippen LogP contribution in [0.4, 0.5) is 15.8 Å². The Kier molecular flexibility index (Phi) is 6.87. The van der Waals surface area contributed by atoms with Gasteiger partial charge in [0, 0.05) is 22.2 Å². The van der Waals surface area contributed by atoms with E-state index in [2.05, 4.69) is 15.9 Å². The van der Waals surface area contributed by atoms with E-state index in [1.54, 1.807) is 42.5 Å². The van der Waals surface area contributed by atoms with Crippen LogP contribution in [0, 0.1) is 15.9 Å². The maximum Gasteiger partial charge on any atom is 0.270 e. The van der Waals surface area contributed by atoms with E-state index in [9.17, 15) is 19.3 Å². The first-order chi connectivity index (χ1) is 15.8. The molecule has 0 spiro atoms. The van der Waals surface area contributed by atoms with Gasteiger partial charge in [0.05, 0.1) is 15.5 Å². The molecule has 1 fully saturated rings. The van der Waals surface area contributed by atoms with Gasteiger partial charge in [-0.2, -0.15) is 0 Å². The van der Waals surface area contributed by atoms with Crippen LogP contribution in [0.15, 0.2) is 76.1 Å². The number of hydrogen-bond donors (Lipinski definition) is 0. The van der Waals surface area contributed by atoms with E-state index >= 15 is 0 Å². The van der Waals surface area contributed by atoms with Gasteiger partial charge in [-0.15, -0.1) is 0 Å². The van der Waals surface area contributed by atoms with Crippen molar-refractivity contribution in [1.82, 2.24) is 0 Å². The molecule has 0 radical (unpaired) electrons. The summed E-state index contributed by atoms with van der Waals surface area (Å²) in [5.41, 5.74) is 1.77. The predicted octanol–water partition coefficient (Wildman–Crippen LogP) is 6.48.